The van der Waals surface area contributed by atoms with Gasteiger partial charge in [0.2, 0.25) is 11.8 Å². The van der Waals surface area contributed by atoms with Gasteiger partial charge in [0.15, 0.2) is 0 Å². The van der Waals surface area contributed by atoms with Gasteiger partial charge in [0.25, 0.3) is 0 Å². The molecule has 3 aliphatic heterocycles. The molecule has 0 radical (unpaired) electrons. The Balaban J connectivity index is 1.24. The van der Waals surface area contributed by atoms with Crippen molar-refractivity contribution in [1.82, 2.24) is 19.7 Å². The minimum absolute atomic E-state index is 0.190. The van der Waals surface area contributed by atoms with Crippen LogP contribution in [0.1, 0.15) is 37.7 Å². The van der Waals surface area contributed by atoms with Crippen LogP contribution >= 0.6 is 0 Å². The lowest BCUT2D eigenvalue weighted by Gasteiger charge is -2.49. The predicted molar refractivity (Wildman–Crippen MR) is 114 cm³/mol. The summed E-state index contributed by atoms with van der Waals surface area (Å²) in [6.07, 6.45) is 7.37. The summed E-state index contributed by atoms with van der Waals surface area (Å²) in [6, 6.07) is 10.1. The lowest BCUT2D eigenvalue weighted by molar-refractivity contribution is -0.165. The molecule has 1 aromatic carbocycles. The lowest BCUT2D eigenvalue weighted by atomic mass is 9.85. The molecule has 0 bridgehead atoms. The fourth-order valence-electron chi connectivity index (χ4n) is 6.36. The molecule has 4 atom stereocenters. The van der Waals surface area contributed by atoms with Crippen LogP contribution in [0.25, 0.3) is 10.9 Å². The maximum absolute atomic E-state index is 13.5. The Morgan fingerprint density at radius 3 is 2.77 bits per heavy atom. The van der Waals surface area contributed by atoms with Crippen LogP contribution in [-0.4, -0.2) is 69.3 Å². The number of benzene rings is 1. The number of pyridine rings is 1. The average Bonchev–Trinajstić information content (AvgIpc) is 3.18. The first-order chi connectivity index (χ1) is 14.7. The third-order valence-corrected chi connectivity index (χ3v) is 7.77. The molecular formula is C24H28N4O2. The summed E-state index contributed by atoms with van der Waals surface area (Å²) in [4.78, 5) is 37.6. The van der Waals surface area contributed by atoms with E-state index in [2.05, 4.69) is 34.1 Å². The first-order valence-corrected chi connectivity index (χ1v) is 11.4. The van der Waals surface area contributed by atoms with Crippen molar-refractivity contribution in [2.45, 2.75) is 56.8 Å². The van der Waals surface area contributed by atoms with Gasteiger partial charge in [-0.3, -0.25) is 19.5 Å². The van der Waals surface area contributed by atoms with E-state index in [9.17, 15) is 9.59 Å². The third kappa shape index (κ3) is 2.77. The lowest BCUT2D eigenvalue weighted by Crippen LogP contribution is -2.69. The Morgan fingerprint density at radius 2 is 1.83 bits per heavy atom. The molecule has 6 heteroatoms. The van der Waals surface area contributed by atoms with Crippen LogP contribution in [0.3, 0.4) is 0 Å². The van der Waals surface area contributed by atoms with Gasteiger partial charge in [0.05, 0.1) is 5.52 Å². The summed E-state index contributed by atoms with van der Waals surface area (Å²) in [7, 11) is 0. The van der Waals surface area contributed by atoms with Gasteiger partial charge < -0.3 is 9.80 Å². The van der Waals surface area contributed by atoms with Crippen molar-refractivity contribution in [2.24, 2.45) is 5.92 Å². The summed E-state index contributed by atoms with van der Waals surface area (Å²) < 4.78 is 0. The Morgan fingerprint density at radius 1 is 0.967 bits per heavy atom. The summed E-state index contributed by atoms with van der Waals surface area (Å²) in [5.41, 5.74) is 2.21. The van der Waals surface area contributed by atoms with Crippen LogP contribution in [0.5, 0.6) is 0 Å². The number of carbonyl (C=O) groups excluding carboxylic acids is 2. The van der Waals surface area contributed by atoms with Crippen LogP contribution in [0.2, 0.25) is 0 Å². The molecule has 1 aliphatic carbocycles. The Bertz CT molecular complexity index is 1000. The molecular weight excluding hydrogens is 376 g/mol. The molecule has 156 valence electrons. The summed E-state index contributed by atoms with van der Waals surface area (Å²) >= 11 is 0. The smallest absolute Gasteiger partial charge is 0.247 e. The highest BCUT2D eigenvalue weighted by Gasteiger charge is 2.55. The molecule has 1 saturated carbocycles. The van der Waals surface area contributed by atoms with Crippen molar-refractivity contribution in [3.63, 3.8) is 0 Å². The molecule has 2 aromatic rings. The minimum Gasteiger partial charge on any atom is -0.326 e. The summed E-state index contributed by atoms with van der Waals surface area (Å²) in [5, 5.41) is 1.14. The maximum Gasteiger partial charge on any atom is 0.247 e. The van der Waals surface area contributed by atoms with E-state index in [0.717, 1.165) is 36.8 Å². The fraction of sp³-hybridized carbons (Fsp3) is 0.542. The largest absolute Gasteiger partial charge is 0.326 e. The van der Waals surface area contributed by atoms with Gasteiger partial charge in [0.1, 0.15) is 12.1 Å². The Hall–Kier alpha value is -2.47. The van der Waals surface area contributed by atoms with E-state index in [4.69, 9.17) is 0 Å². The fourth-order valence-corrected chi connectivity index (χ4v) is 6.36. The van der Waals surface area contributed by atoms with Crippen LogP contribution in [-0.2, 0) is 16.1 Å². The van der Waals surface area contributed by atoms with E-state index in [0.29, 0.717) is 25.0 Å². The number of fused-ring (bicyclic) bond motifs is 5. The number of hydrogen-bond acceptors (Lipinski definition) is 4. The summed E-state index contributed by atoms with van der Waals surface area (Å²) in [6.45, 7) is 2.83. The molecule has 30 heavy (non-hydrogen) atoms. The quantitative estimate of drug-likeness (QED) is 0.771. The number of hydrogen-bond donors (Lipinski definition) is 0. The van der Waals surface area contributed by atoms with E-state index >= 15 is 0 Å². The Labute approximate surface area is 176 Å². The zero-order valence-corrected chi connectivity index (χ0v) is 17.2. The van der Waals surface area contributed by atoms with Gasteiger partial charge in [0, 0.05) is 43.8 Å². The van der Waals surface area contributed by atoms with Gasteiger partial charge in [-0.05, 0) is 36.8 Å². The topological polar surface area (TPSA) is 56.8 Å². The van der Waals surface area contributed by atoms with E-state index in [1.807, 2.05) is 22.1 Å². The van der Waals surface area contributed by atoms with Crippen LogP contribution in [0, 0.1) is 5.92 Å². The number of piperazine rings is 2. The highest BCUT2D eigenvalue weighted by Crippen LogP contribution is 2.43. The highest BCUT2D eigenvalue weighted by atomic mass is 16.2. The number of nitrogens with zero attached hydrogens (tertiary/aromatic N) is 4. The standard InChI is InChI=1S/C24H28N4O2/c29-23-20-13-17-5-1-2-9-19(17)28(20)24(30)21-15-26(11-12-27(21)23)14-18-7-3-6-16-8-4-10-25-22(16)18/h3-4,6-8,10,17,19-21H,1-2,5,9,11-15H2. The third-order valence-electron chi connectivity index (χ3n) is 7.77. The number of rotatable bonds is 2. The SMILES string of the molecule is O=C1C2CC3CCCCC3N2C(=O)C2CN(Cc3cccc4cccnc34)CCN12. The number of carbonyl (C=O) groups is 2. The van der Waals surface area contributed by atoms with Crippen molar-refractivity contribution in [1.29, 1.82) is 0 Å². The highest BCUT2D eigenvalue weighted by molar-refractivity contribution is 5.98. The number of para-hydroxylation sites is 1. The molecule has 4 fully saturated rings. The van der Waals surface area contributed by atoms with E-state index in [-0.39, 0.29) is 23.9 Å². The molecule has 6 nitrogen and oxygen atoms in total. The second-order valence-electron chi connectivity index (χ2n) is 9.38. The van der Waals surface area contributed by atoms with Gasteiger partial charge in [-0.15, -0.1) is 0 Å². The molecule has 4 heterocycles. The zero-order valence-electron chi connectivity index (χ0n) is 17.2. The molecule has 0 N–H and O–H groups in total. The van der Waals surface area contributed by atoms with E-state index < -0.39 is 0 Å². The van der Waals surface area contributed by atoms with E-state index in [1.54, 1.807) is 0 Å². The van der Waals surface area contributed by atoms with Crippen molar-refractivity contribution >= 4 is 22.7 Å². The number of aromatic nitrogens is 1. The molecule has 6 rings (SSSR count). The van der Waals surface area contributed by atoms with Gasteiger partial charge >= 0.3 is 0 Å². The molecule has 2 amide bonds. The normalized spacial score (nSPS) is 31.6. The van der Waals surface area contributed by atoms with Crippen molar-refractivity contribution in [3.05, 3.63) is 42.1 Å². The number of amides is 2. The molecule has 0 spiro atoms. The molecule has 4 unspecified atom stereocenters. The van der Waals surface area contributed by atoms with Crippen molar-refractivity contribution in [3.8, 4) is 0 Å². The van der Waals surface area contributed by atoms with Gasteiger partial charge in [-0.2, -0.15) is 0 Å². The zero-order chi connectivity index (χ0) is 20.2. The summed E-state index contributed by atoms with van der Waals surface area (Å²) in [5.74, 6) is 0.908. The van der Waals surface area contributed by atoms with Crippen LogP contribution in [0.15, 0.2) is 36.5 Å². The van der Waals surface area contributed by atoms with Crippen LogP contribution < -0.4 is 0 Å². The van der Waals surface area contributed by atoms with Gasteiger partial charge in [-0.1, -0.05) is 37.1 Å². The predicted octanol–water partition coefficient (Wildman–Crippen LogP) is 2.42. The molecule has 1 aromatic heterocycles. The second-order valence-corrected chi connectivity index (χ2v) is 9.38. The van der Waals surface area contributed by atoms with E-state index in [1.165, 1.54) is 24.8 Å². The van der Waals surface area contributed by atoms with Crippen LogP contribution in [0.4, 0.5) is 0 Å². The average molecular weight is 405 g/mol. The van der Waals surface area contributed by atoms with Crippen molar-refractivity contribution in [2.75, 3.05) is 19.6 Å². The Kier molecular flexibility index (Phi) is 4.30. The molecule has 4 aliphatic rings. The van der Waals surface area contributed by atoms with Gasteiger partial charge in [-0.25, -0.2) is 0 Å². The maximum atomic E-state index is 13.5. The first-order valence-electron chi connectivity index (χ1n) is 11.4. The monoisotopic (exact) mass is 404 g/mol. The second kappa shape index (κ2) is 7.05. The first kappa shape index (κ1) is 18.3. The minimum atomic E-state index is -0.328. The van der Waals surface area contributed by atoms with Crippen molar-refractivity contribution < 1.29 is 9.59 Å². The molecule has 3 saturated heterocycles.